The number of carbonyl (C=O) groups is 5. The second-order valence-corrected chi connectivity index (χ2v) is 9.25. The zero-order valence-corrected chi connectivity index (χ0v) is 21.5. The summed E-state index contributed by atoms with van der Waals surface area (Å²) in [5.41, 5.74) is 6.26. The lowest BCUT2D eigenvalue weighted by Crippen LogP contribution is -2.58. The topological polar surface area (TPSA) is 240 Å². The predicted molar refractivity (Wildman–Crippen MR) is 134 cm³/mol. The molecule has 0 aliphatic heterocycles. The van der Waals surface area contributed by atoms with Crippen molar-refractivity contribution in [2.24, 2.45) is 11.7 Å². The van der Waals surface area contributed by atoms with E-state index in [0.717, 1.165) is 0 Å². The molecular formula is C24H37N5O9. The molecule has 1 aromatic rings. The highest BCUT2D eigenvalue weighted by molar-refractivity contribution is 5.94. The highest BCUT2D eigenvalue weighted by Gasteiger charge is 2.30. The molecule has 0 fully saturated rings. The number of phenols is 1. The van der Waals surface area contributed by atoms with Crippen LogP contribution in [0.15, 0.2) is 24.3 Å². The number of nitrogens with one attached hydrogen (secondary N) is 4. The van der Waals surface area contributed by atoms with E-state index in [2.05, 4.69) is 16.0 Å². The monoisotopic (exact) mass is 539 g/mol. The number of hydrogen-bond acceptors (Lipinski definition) is 9. The maximum Gasteiger partial charge on any atom is 0.328 e. The fourth-order valence-electron chi connectivity index (χ4n) is 3.26. The fourth-order valence-corrected chi connectivity index (χ4v) is 3.26. The Kier molecular flexibility index (Phi) is 13.2. The van der Waals surface area contributed by atoms with Crippen LogP contribution in [-0.4, -0.2) is 93.4 Å². The average molecular weight is 540 g/mol. The molecule has 0 radical (unpaired) electrons. The van der Waals surface area contributed by atoms with Crippen LogP contribution in [0.25, 0.3) is 0 Å². The number of aliphatic carboxylic acids is 1. The van der Waals surface area contributed by atoms with E-state index in [1.54, 1.807) is 26.0 Å². The first-order chi connectivity index (χ1) is 17.7. The zero-order chi connectivity index (χ0) is 29.0. The Hall–Kier alpha value is -3.75. The van der Waals surface area contributed by atoms with Crippen molar-refractivity contribution in [2.45, 2.75) is 63.9 Å². The van der Waals surface area contributed by atoms with E-state index in [-0.39, 0.29) is 24.5 Å². The number of carboxylic acids is 1. The number of amides is 4. The van der Waals surface area contributed by atoms with Crippen LogP contribution >= 0.6 is 0 Å². The molecule has 0 bridgehead atoms. The van der Waals surface area contributed by atoms with Gasteiger partial charge in [-0.05, 0) is 37.0 Å². The van der Waals surface area contributed by atoms with Crippen LogP contribution in [0.1, 0.15) is 32.8 Å². The number of carbonyl (C=O) groups excluding carboxylic acids is 4. The number of hydrogen-bond donors (Lipinski definition) is 9. The molecule has 1 rings (SSSR count). The average Bonchev–Trinajstić information content (AvgIpc) is 2.84. The second-order valence-electron chi connectivity index (χ2n) is 9.25. The third-order valence-corrected chi connectivity index (χ3v) is 5.41. The van der Waals surface area contributed by atoms with Gasteiger partial charge in [0.2, 0.25) is 23.6 Å². The third-order valence-electron chi connectivity index (χ3n) is 5.41. The molecular weight excluding hydrogens is 502 g/mol. The first kappa shape index (κ1) is 32.3. The Labute approximate surface area is 220 Å². The van der Waals surface area contributed by atoms with Crippen LogP contribution in [-0.2, 0) is 30.4 Å². The summed E-state index contributed by atoms with van der Waals surface area (Å²) in [5.74, 6) is -4.64. The quantitative estimate of drug-likeness (QED) is 0.112. The lowest BCUT2D eigenvalue weighted by Gasteiger charge is -2.25. The van der Waals surface area contributed by atoms with E-state index in [1.165, 1.54) is 19.1 Å². The van der Waals surface area contributed by atoms with Gasteiger partial charge in [0.25, 0.3) is 0 Å². The van der Waals surface area contributed by atoms with Crippen molar-refractivity contribution in [2.75, 3.05) is 13.2 Å². The number of aromatic hydroxyl groups is 1. The number of carboxylic acid groups (broad SMARTS) is 1. The highest BCUT2D eigenvalue weighted by Crippen LogP contribution is 2.12. The summed E-state index contributed by atoms with van der Waals surface area (Å²) in [4.78, 5) is 61.4. The number of aliphatic hydroxyl groups excluding tert-OH is 2. The summed E-state index contributed by atoms with van der Waals surface area (Å²) in [6, 6.07) is 0.721. The number of aliphatic hydroxyl groups is 2. The number of phenolic OH excluding ortho intramolecular Hbond substituents is 1. The van der Waals surface area contributed by atoms with Crippen molar-refractivity contribution in [3.63, 3.8) is 0 Å². The van der Waals surface area contributed by atoms with Crippen molar-refractivity contribution in [3.05, 3.63) is 29.8 Å². The molecule has 1 aromatic carbocycles. The minimum Gasteiger partial charge on any atom is -0.508 e. The zero-order valence-electron chi connectivity index (χ0n) is 21.5. The summed E-state index contributed by atoms with van der Waals surface area (Å²) in [6.07, 6.45) is -1.05. The van der Waals surface area contributed by atoms with E-state index in [1.807, 2.05) is 5.32 Å². The van der Waals surface area contributed by atoms with Crippen LogP contribution in [0.3, 0.4) is 0 Å². The van der Waals surface area contributed by atoms with E-state index in [9.17, 15) is 34.2 Å². The van der Waals surface area contributed by atoms with Crippen molar-refractivity contribution < 1.29 is 44.4 Å². The minimum atomic E-state index is -1.54. The lowest BCUT2D eigenvalue weighted by molar-refractivity contribution is -0.142. The molecule has 0 aliphatic rings. The SMILES string of the molecule is CC(C)C[C@H](NC(=O)[C@H](Cc1ccc(O)cc1)NC(=O)[C@@H](N)[C@@H](C)O)C(=O)NCC(=O)N[C@@H](CO)C(=O)O. The Morgan fingerprint density at radius 3 is 1.95 bits per heavy atom. The van der Waals surface area contributed by atoms with Gasteiger partial charge >= 0.3 is 5.97 Å². The van der Waals surface area contributed by atoms with Crippen molar-refractivity contribution >= 4 is 29.6 Å². The van der Waals surface area contributed by atoms with Crippen LogP contribution in [0.5, 0.6) is 5.75 Å². The highest BCUT2D eigenvalue weighted by atomic mass is 16.4. The molecule has 0 aromatic heterocycles. The molecule has 14 nitrogen and oxygen atoms in total. The van der Waals surface area contributed by atoms with Gasteiger partial charge in [-0.15, -0.1) is 0 Å². The van der Waals surface area contributed by atoms with E-state index >= 15 is 0 Å². The normalized spacial score (nSPS) is 14.9. The van der Waals surface area contributed by atoms with Gasteiger partial charge in [-0.1, -0.05) is 26.0 Å². The number of nitrogens with two attached hydrogens (primary N) is 1. The van der Waals surface area contributed by atoms with Crippen LogP contribution in [0.4, 0.5) is 0 Å². The Bertz CT molecular complexity index is 969. The van der Waals surface area contributed by atoms with Gasteiger partial charge in [0.05, 0.1) is 19.3 Å². The van der Waals surface area contributed by atoms with Crippen molar-refractivity contribution in [1.82, 2.24) is 21.3 Å². The minimum absolute atomic E-state index is 0.00119. The van der Waals surface area contributed by atoms with Crippen molar-refractivity contribution in [1.29, 1.82) is 0 Å². The van der Waals surface area contributed by atoms with Crippen LogP contribution in [0, 0.1) is 5.92 Å². The molecule has 0 saturated heterocycles. The summed E-state index contributed by atoms with van der Waals surface area (Å²) in [5, 5.41) is 46.5. The Balaban J connectivity index is 3.01. The van der Waals surface area contributed by atoms with Crippen molar-refractivity contribution in [3.8, 4) is 5.75 Å². The maximum atomic E-state index is 13.2. The van der Waals surface area contributed by atoms with E-state index in [0.29, 0.717) is 5.56 Å². The standard InChI is InChI=1S/C24H37N5O9/c1-12(2)8-16(21(34)26-10-19(33)27-18(11-30)24(37)38)28-22(35)17(29-23(36)20(25)13(3)31)9-14-4-6-15(32)7-5-14/h4-7,12-13,16-18,20,30-32H,8-11,25H2,1-3H3,(H,26,34)(H,27,33)(H,28,35)(H,29,36)(H,37,38)/t13-,16+,17+,18+,20+/m1/s1. The van der Waals surface area contributed by atoms with Gasteiger partial charge < -0.3 is 47.4 Å². The smallest absolute Gasteiger partial charge is 0.328 e. The molecule has 212 valence electrons. The Morgan fingerprint density at radius 2 is 1.45 bits per heavy atom. The van der Waals surface area contributed by atoms with Gasteiger partial charge in [-0.3, -0.25) is 19.2 Å². The second kappa shape index (κ2) is 15.5. The van der Waals surface area contributed by atoms with Gasteiger partial charge in [-0.25, -0.2) is 4.79 Å². The van der Waals surface area contributed by atoms with Crippen LogP contribution in [0.2, 0.25) is 0 Å². The fraction of sp³-hybridized carbons (Fsp3) is 0.542. The lowest BCUT2D eigenvalue weighted by atomic mass is 10.0. The molecule has 5 atom stereocenters. The van der Waals surface area contributed by atoms with Crippen LogP contribution < -0.4 is 27.0 Å². The molecule has 10 N–H and O–H groups in total. The molecule has 14 heteroatoms. The first-order valence-corrected chi connectivity index (χ1v) is 12.0. The maximum absolute atomic E-state index is 13.2. The third kappa shape index (κ3) is 11.1. The first-order valence-electron chi connectivity index (χ1n) is 12.0. The van der Waals surface area contributed by atoms with E-state index in [4.69, 9.17) is 15.9 Å². The summed E-state index contributed by atoms with van der Waals surface area (Å²) < 4.78 is 0. The summed E-state index contributed by atoms with van der Waals surface area (Å²) >= 11 is 0. The summed E-state index contributed by atoms with van der Waals surface area (Å²) in [6.45, 7) is 3.47. The van der Waals surface area contributed by atoms with Gasteiger partial charge in [0, 0.05) is 6.42 Å². The molecule has 0 aliphatic carbocycles. The van der Waals surface area contributed by atoms with Gasteiger partial charge in [0.15, 0.2) is 0 Å². The Morgan fingerprint density at radius 1 is 0.868 bits per heavy atom. The van der Waals surface area contributed by atoms with E-state index < -0.39 is 73.0 Å². The molecule has 0 saturated carbocycles. The molecule has 4 amide bonds. The van der Waals surface area contributed by atoms with Gasteiger partial charge in [-0.2, -0.15) is 0 Å². The molecule has 38 heavy (non-hydrogen) atoms. The van der Waals surface area contributed by atoms with Gasteiger partial charge in [0.1, 0.15) is 29.9 Å². The largest absolute Gasteiger partial charge is 0.508 e. The number of rotatable bonds is 15. The number of benzene rings is 1. The molecule has 0 heterocycles. The molecule has 0 spiro atoms. The summed E-state index contributed by atoms with van der Waals surface area (Å²) in [7, 11) is 0. The predicted octanol–water partition coefficient (Wildman–Crippen LogP) is -2.66. The molecule has 0 unspecified atom stereocenters.